The van der Waals surface area contributed by atoms with Crippen molar-refractivity contribution in [2.45, 2.75) is 31.9 Å². The number of carbonyl (C=O) groups excluding carboxylic acids is 2. The van der Waals surface area contributed by atoms with Crippen molar-refractivity contribution in [1.82, 2.24) is 5.32 Å². The number of nitrogens with one attached hydrogen (secondary N) is 2. The van der Waals surface area contributed by atoms with Gasteiger partial charge in [0.2, 0.25) is 0 Å². The minimum absolute atomic E-state index is 0.0381. The summed E-state index contributed by atoms with van der Waals surface area (Å²) < 4.78 is 5.19. The molecular weight excluding hydrogens is 272 g/mol. The number of para-hydroxylation sites is 1. The van der Waals surface area contributed by atoms with Gasteiger partial charge in [0.1, 0.15) is 0 Å². The summed E-state index contributed by atoms with van der Waals surface area (Å²) in [5.41, 5.74) is 0.920. The van der Waals surface area contributed by atoms with Gasteiger partial charge in [-0.15, -0.1) is 0 Å². The molecule has 1 fully saturated rings. The molecule has 0 heterocycles. The van der Waals surface area contributed by atoms with Gasteiger partial charge in [-0.25, -0.2) is 4.79 Å². The van der Waals surface area contributed by atoms with Crippen LogP contribution in [0.4, 0.5) is 5.69 Å². The highest BCUT2D eigenvalue weighted by Gasteiger charge is 2.27. The summed E-state index contributed by atoms with van der Waals surface area (Å²) in [7, 11) is 0. The average Bonchev–Trinajstić information content (AvgIpc) is 3.29. The van der Waals surface area contributed by atoms with E-state index in [9.17, 15) is 9.59 Å². The maximum absolute atomic E-state index is 12.1. The van der Waals surface area contributed by atoms with E-state index in [1.807, 2.05) is 0 Å². The van der Waals surface area contributed by atoms with Crippen molar-refractivity contribution in [3.8, 4) is 0 Å². The summed E-state index contributed by atoms with van der Waals surface area (Å²) in [4.78, 5) is 23.9. The van der Waals surface area contributed by atoms with Crippen LogP contribution < -0.4 is 10.6 Å². The quantitative estimate of drug-likeness (QED) is 0.650. The van der Waals surface area contributed by atoms with Crippen molar-refractivity contribution in [3.63, 3.8) is 0 Å². The van der Waals surface area contributed by atoms with Crippen molar-refractivity contribution in [2.24, 2.45) is 0 Å². The Kier molecular flexibility index (Phi) is 5.16. The van der Waals surface area contributed by atoms with Gasteiger partial charge in [0.25, 0.3) is 5.91 Å². The van der Waals surface area contributed by atoms with Crippen LogP contribution in [0.2, 0.25) is 0 Å². The standard InChI is InChI=1S/C15H20N2O4/c1-10(14(19)17-11-6-7-11)21-15(20)12-4-2-3-5-13(12)16-8-9-18/h2-5,10-11,16,18H,6-9H2,1H3,(H,17,19)/t10-/m0/s1. The normalized spacial score (nSPS) is 15.1. The van der Waals surface area contributed by atoms with Crippen LogP contribution in [0.25, 0.3) is 0 Å². The van der Waals surface area contributed by atoms with Gasteiger partial charge in [0.15, 0.2) is 6.10 Å². The van der Waals surface area contributed by atoms with E-state index in [1.165, 1.54) is 0 Å². The largest absolute Gasteiger partial charge is 0.449 e. The van der Waals surface area contributed by atoms with Crippen molar-refractivity contribution in [2.75, 3.05) is 18.5 Å². The number of esters is 1. The first kappa shape index (κ1) is 15.3. The molecule has 2 rings (SSSR count). The minimum Gasteiger partial charge on any atom is -0.449 e. The molecule has 3 N–H and O–H groups in total. The molecule has 0 saturated heterocycles. The fourth-order valence-corrected chi connectivity index (χ4v) is 1.83. The lowest BCUT2D eigenvalue weighted by molar-refractivity contribution is -0.129. The molecule has 1 amide bonds. The van der Waals surface area contributed by atoms with Gasteiger partial charge in [-0.2, -0.15) is 0 Å². The van der Waals surface area contributed by atoms with E-state index < -0.39 is 12.1 Å². The Labute approximate surface area is 123 Å². The Bertz CT molecular complexity index is 514. The highest BCUT2D eigenvalue weighted by molar-refractivity contribution is 5.97. The number of rotatable bonds is 7. The van der Waals surface area contributed by atoms with Gasteiger partial charge in [-0.1, -0.05) is 12.1 Å². The first-order valence-corrected chi connectivity index (χ1v) is 7.07. The third-order valence-electron chi connectivity index (χ3n) is 3.15. The number of benzene rings is 1. The predicted octanol–water partition coefficient (Wildman–Crippen LogP) is 0.915. The molecule has 0 bridgehead atoms. The van der Waals surface area contributed by atoms with Crippen molar-refractivity contribution in [3.05, 3.63) is 29.8 Å². The smallest absolute Gasteiger partial charge is 0.341 e. The number of ether oxygens (including phenoxy) is 1. The fraction of sp³-hybridized carbons (Fsp3) is 0.467. The molecule has 6 nitrogen and oxygen atoms in total. The highest BCUT2D eigenvalue weighted by atomic mass is 16.5. The predicted molar refractivity (Wildman–Crippen MR) is 78.1 cm³/mol. The lowest BCUT2D eigenvalue weighted by atomic mass is 10.1. The SMILES string of the molecule is C[C@H](OC(=O)c1ccccc1NCCO)C(=O)NC1CC1. The van der Waals surface area contributed by atoms with Crippen LogP contribution in [0.15, 0.2) is 24.3 Å². The Balaban J connectivity index is 1.96. The zero-order chi connectivity index (χ0) is 15.2. The number of hydrogen-bond acceptors (Lipinski definition) is 5. The van der Waals surface area contributed by atoms with Crippen LogP contribution >= 0.6 is 0 Å². The third kappa shape index (κ3) is 4.46. The summed E-state index contributed by atoms with van der Waals surface area (Å²) in [6.07, 6.45) is 1.14. The molecule has 21 heavy (non-hydrogen) atoms. The summed E-state index contributed by atoms with van der Waals surface area (Å²) in [5.74, 6) is -0.832. The molecule has 1 aliphatic carbocycles. The van der Waals surface area contributed by atoms with Crippen LogP contribution in [0, 0.1) is 0 Å². The van der Waals surface area contributed by atoms with E-state index in [1.54, 1.807) is 31.2 Å². The van der Waals surface area contributed by atoms with Gasteiger partial charge in [-0.3, -0.25) is 4.79 Å². The monoisotopic (exact) mass is 292 g/mol. The first-order chi connectivity index (χ1) is 10.1. The van der Waals surface area contributed by atoms with Crippen LogP contribution in [0.5, 0.6) is 0 Å². The Morgan fingerprint density at radius 3 is 2.76 bits per heavy atom. The van der Waals surface area contributed by atoms with E-state index in [4.69, 9.17) is 9.84 Å². The maximum atomic E-state index is 12.1. The van der Waals surface area contributed by atoms with Crippen molar-refractivity contribution in [1.29, 1.82) is 0 Å². The molecule has 6 heteroatoms. The van der Waals surface area contributed by atoms with E-state index >= 15 is 0 Å². The molecule has 1 atom stereocenters. The molecule has 1 aromatic carbocycles. The lowest BCUT2D eigenvalue weighted by Crippen LogP contribution is -2.37. The van der Waals surface area contributed by atoms with E-state index in [2.05, 4.69) is 10.6 Å². The van der Waals surface area contributed by atoms with Crippen LogP contribution in [0.1, 0.15) is 30.1 Å². The number of anilines is 1. The second-order valence-electron chi connectivity index (χ2n) is 5.03. The second-order valence-corrected chi connectivity index (χ2v) is 5.03. The number of hydrogen-bond donors (Lipinski definition) is 3. The molecule has 0 spiro atoms. The summed E-state index contributed by atoms with van der Waals surface area (Å²) >= 11 is 0. The van der Waals surface area contributed by atoms with Gasteiger partial charge in [0.05, 0.1) is 12.2 Å². The van der Waals surface area contributed by atoms with Crippen LogP contribution in [0.3, 0.4) is 0 Å². The summed E-state index contributed by atoms with van der Waals surface area (Å²) in [5, 5.41) is 14.6. The van der Waals surface area contributed by atoms with E-state index in [0.29, 0.717) is 17.8 Å². The van der Waals surface area contributed by atoms with Crippen LogP contribution in [-0.2, 0) is 9.53 Å². The number of carbonyl (C=O) groups is 2. The molecule has 0 aromatic heterocycles. The van der Waals surface area contributed by atoms with Crippen LogP contribution in [-0.4, -0.2) is 42.3 Å². The minimum atomic E-state index is -0.830. The zero-order valence-electron chi connectivity index (χ0n) is 12.0. The van der Waals surface area contributed by atoms with Crippen molar-refractivity contribution >= 4 is 17.6 Å². The number of amides is 1. The lowest BCUT2D eigenvalue weighted by Gasteiger charge is -2.15. The van der Waals surface area contributed by atoms with Gasteiger partial charge < -0.3 is 20.5 Å². The van der Waals surface area contributed by atoms with Gasteiger partial charge in [0, 0.05) is 18.3 Å². The molecule has 1 aromatic rings. The van der Waals surface area contributed by atoms with E-state index in [0.717, 1.165) is 12.8 Å². The molecular formula is C15H20N2O4. The van der Waals surface area contributed by atoms with E-state index in [-0.39, 0.29) is 18.6 Å². The van der Waals surface area contributed by atoms with Gasteiger partial charge >= 0.3 is 5.97 Å². The molecule has 1 aliphatic rings. The Morgan fingerprint density at radius 1 is 1.38 bits per heavy atom. The topological polar surface area (TPSA) is 87.7 Å². The summed E-state index contributed by atoms with van der Waals surface area (Å²) in [6, 6.07) is 7.07. The fourth-order valence-electron chi connectivity index (χ4n) is 1.83. The molecule has 0 radical (unpaired) electrons. The highest BCUT2D eigenvalue weighted by Crippen LogP contribution is 2.20. The Morgan fingerprint density at radius 2 is 2.10 bits per heavy atom. The summed E-state index contributed by atoms with van der Waals surface area (Å²) in [6.45, 7) is 1.85. The number of aliphatic hydroxyl groups is 1. The molecule has 114 valence electrons. The number of aliphatic hydroxyl groups excluding tert-OH is 1. The first-order valence-electron chi connectivity index (χ1n) is 7.07. The van der Waals surface area contributed by atoms with Gasteiger partial charge in [-0.05, 0) is 31.9 Å². The molecule has 0 aliphatic heterocycles. The molecule has 0 unspecified atom stereocenters. The third-order valence-corrected chi connectivity index (χ3v) is 3.15. The second kappa shape index (κ2) is 7.08. The molecule has 1 saturated carbocycles. The average molecular weight is 292 g/mol. The van der Waals surface area contributed by atoms with Crippen molar-refractivity contribution < 1.29 is 19.4 Å². The Hall–Kier alpha value is -2.08. The zero-order valence-corrected chi connectivity index (χ0v) is 12.0. The maximum Gasteiger partial charge on any atom is 0.341 e.